The normalized spacial score (nSPS) is 10.8. The fourth-order valence-electron chi connectivity index (χ4n) is 2.53. The molecule has 0 saturated carbocycles. The standard InChI is InChI=1S/C18H18N2O4/c1-3-23-15-8-7-12(10-16(15)24-4-2)14-11-20-9-5-6-13(18(21)22)17(20)19-14/h5-11H,3-4H2,1-2H3,(H,21,22). The molecular formula is C18H18N2O4. The second-order valence-corrected chi connectivity index (χ2v) is 5.11. The molecule has 124 valence electrons. The number of aromatic carboxylic acids is 1. The van der Waals surface area contributed by atoms with Crippen molar-refractivity contribution < 1.29 is 19.4 Å². The molecule has 0 amide bonds. The van der Waals surface area contributed by atoms with E-state index in [-0.39, 0.29) is 5.56 Å². The molecule has 0 fully saturated rings. The van der Waals surface area contributed by atoms with Crippen molar-refractivity contribution in [3.8, 4) is 22.8 Å². The summed E-state index contributed by atoms with van der Waals surface area (Å²) < 4.78 is 12.9. The van der Waals surface area contributed by atoms with Crippen LogP contribution < -0.4 is 9.47 Å². The SMILES string of the molecule is CCOc1ccc(-c2cn3cccc(C(=O)O)c3n2)cc1OCC. The van der Waals surface area contributed by atoms with Crippen LogP contribution in [0.2, 0.25) is 0 Å². The van der Waals surface area contributed by atoms with Gasteiger partial charge in [-0.25, -0.2) is 9.78 Å². The van der Waals surface area contributed by atoms with Gasteiger partial charge in [0.15, 0.2) is 17.1 Å². The Morgan fingerprint density at radius 3 is 2.62 bits per heavy atom. The van der Waals surface area contributed by atoms with E-state index in [0.29, 0.717) is 36.1 Å². The molecule has 2 aromatic heterocycles. The molecule has 24 heavy (non-hydrogen) atoms. The molecule has 0 atom stereocenters. The molecule has 3 aromatic rings. The Morgan fingerprint density at radius 2 is 1.92 bits per heavy atom. The number of pyridine rings is 1. The molecule has 6 heteroatoms. The third-order valence-electron chi connectivity index (χ3n) is 3.55. The second kappa shape index (κ2) is 6.62. The number of hydrogen-bond donors (Lipinski definition) is 1. The number of fused-ring (bicyclic) bond motifs is 1. The first-order valence-electron chi connectivity index (χ1n) is 7.75. The number of imidazole rings is 1. The zero-order valence-corrected chi connectivity index (χ0v) is 13.5. The average Bonchev–Trinajstić information content (AvgIpc) is 3.00. The summed E-state index contributed by atoms with van der Waals surface area (Å²) in [6.07, 6.45) is 3.57. The van der Waals surface area contributed by atoms with Gasteiger partial charge >= 0.3 is 5.97 Å². The van der Waals surface area contributed by atoms with Crippen LogP contribution in [0.15, 0.2) is 42.7 Å². The summed E-state index contributed by atoms with van der Waals surface area (Å²) in [6, 6.07) is 8.81. The van der Waals surface area contributed by atoms with Crippen molar-refractivity contribution in [1.82, 2.24) is 9.38 Å². The highest BCUT2D eigenvalue weighted by Gasteiger charge is 2.14. The lowest BCUT2D eigenvalue weighted by Crippen LogP contribution is -1.99. The minimum atomic E-state index is -1.00. The fraction of sp³-hybridized carbons (Fsp3) is 0.222. The largest absolute Gasteiger partial charge is 0.490 e. The average molecular weight is 326 g/mol. The van der Waals surface area contributed by atoms with E-state index in [0.717, 1.165) is 5.56 Å². The third-order valence-corrected chi connectivity index (χ3v) is 3.55. The lowest BCUT2D eigenvalue weighted by molar-refractivity contribution is 0.0698. The summed E-state index contributed by atoms with van der Waals surface area (Å²) in [4.78, 5) is 15.8. The van der Waals surface area contributed by atoms with Crippen LogP contribution in [0.3, 0.4) is 0 Å². The quantitative estimate of drug-likeness (QED) is 0.750. The van der Waals surface area contributed by atoms with Crippen LogP contribution in [-0.4, -0.2) is 33.7 Å². The summed E-state index contributed by atoms with van der Waals surface area (Å²) in [6.45, 7) is 4.90. The van der Waals surface area contributed by atoms with Crippen molar-refractivity contribution in [1.29, 1.82) is 0 Å². The molecular weight excluding hydrogens is 308 g/mol. The van der Waals surface area contributed by atoms with Gasteiger partial charge in [-0.3, -0.25) is 0 Å². The van der Waals surface area contributed by atoms with E-state index < -0.39 is 5.97 Å². The molecule has 0 spiro atoms. The number of rotatable bonds is 6. The maximum atomic E-state index is 11.3. The van der Waals surface area contributed by atoms with E-state index in [1.54, 1.807) is 22.9 Å². The maximum absolute atomic E-state index is 11.3. The molecule has 0 aliphatic carbocycles. The molecule has 0 unspecified atom stereocenters. The zero-order chi connectivity index (χ0) is 17.1. The van der Waals surface area contributed by atoms with Gasteiger partial charge in [-0.2, -0.15) is 0 Å². The number of benzene rings is 1. The van der Waals surface area contributed by atoms with E-state index in [2.05, 4.69) is 4.98 Å². The summed E-state index contributed by atoms with van der Waals surface area (Å²) in [5, 5.41) is 9.28. The molecule has 0 saturated heterocycles. The second-order valence-electron chi connectivity index (χ2n) is 5.11. The van der Waals surface area contributed by atoms with Crippen molar-refractivity contribution >= 4 is 11.6 Å². The summed E-state index contributed by atoms with van der Waals surface area (Å²) in [5.74, 6) is 0.324. The first-order valence-corrected chi connectivity index (χ1v) is 7.75. The van der Waals surface area contributed by atoms with Crippen LogP contribution in [0.5, 0.6) is 11.5 Å². The van der Waals surface area contributed by atoms with Gasteiger partial charge in [0.2, 0.25) is 0 Å². The number of carboxylic acid groups (broad SMARTS) is 1. The van der Waals surface area contributed by atoms with Gasteiger partial charge < -0.3 is 19.0 Å². The molecule has 0 aliphatic rings. The maximum Gasteiger partial charge on any atom is 0.339 e. The molecule has 1 N–H and O–H groups in total. The van der Waals surface area contributed by atoms with Crippen LogP contribution in [0.25, 0.3) is 16.9 Å². The Balaban J connectivity index is 2.08. The Hall–Kier alpha value is -3.02. The molecule has 0 bridgehead atoms. The van der Waals surface area contributed by atoms with Crippen LogP contribution in [0, 0.1) is 0 Å². The number of nitrogens with zero attached hydrogens (tertiary/aromatic N) is 2. The van der Waals surface area contributed by atoms with Crippen LogP contribution in [-0.2, 0) is 0 Å². The van der Waals surface area contributed by atoms with Crippen LogP contribution in [0.1, 0.15) is 24.2 Å². The van der Waals surface area contributed by atoms with E-state index in [9.17, 15) is 9.90 Å². The predicted molar refractivity (Wildman–Crippen MR) is 89.9 cm³/mol. The van der Waals surface area contributed by atoms with E-state index >= 15 is 0 Å². The van der Waals surface area contributed by atoms with Crippen LogP contribution >= 0.6 is 0 Å². The third kappa shape index (κ3) is 2.90. The minimum Gasteiger partial charge on any atom is -0.490 e. The van der Waals surface area contributed by atoms with Crippen molar-refractivity contribution in [3.63, 3.8) is 0 Å². The van der Waals surface area contributed by atoms with Gasteiger partial charge in [-0.05, 0) is 44.2 Å². The molecule has 0 radical (unpaired) electrons. The smallest absolute Gasteiger partial charge is 0.339 e. The summed E-state index contributed by atoms with van der Waals surface area (Å²) in [5.41, 5.74) is 2.08. The first kappa shape index (κ1) is 15.9. The molecule has 2 heterocycles. The van der Waals surface area contributed by atoms with E-state index in [1.165, 1.54) is 6.07 Å². The predicted octanol–water partition coefficient (Wildman–Crippen LogP) is 3.50. The highest BCUT2D eigenvalue weighted by atomic mass is 16.5. The zero-order valence-electron chi connectivity index (χ0n) is 13.5. The summed E-state index contributed by atoms with van der Waals surface area (Å²) in [7, 11) is 0. The Morgan fingerprint density at radius 1 is 1.17 bits per heavy atom. The van der Waals surface area contributed by atoms with Gasteiger partial charge in [0.1, 0.15) is 5.56 Å². The van der Waals surface area contributed by atoms with Crippen LogP contribution in [0.4, 0.5) is 0 Å². The van der Waals surface area contributed by atoms with Gasteiger partial charge in [0, 0.05) is 18.0 Å². The Labute approximate surface area is 139 Å². The van der Waals surface area contributed by atoms with E-state index in [4.69, 9.17) is 9.47 Å². The van der Waals surface area contributed by atoms with Crippen molar-refractivity contribution in [2.24, 2.45) is 0 Å². The topological polar surface area (TPSA) is 73.1 Å². The van der Waals surface area contributed by atoms with Crippen molar-refractivity contribution in [2.75, 3.05) is 13.2 Å². The highest BCUT2D eigenvalue weighted by Crippen LogP contribution is 2.32. The molecule has 3 rings (SSSR count). The number of aromatic nitrogens is 2. The van der Waals surface area contributed by atoms with Gasteiger partial charge in [-0.1, -0.05) is 0 Å². The number of ether oxygens (including phenoxy) is 2. The lowest BCUT2D eigenvalue weighted by atomic mass is 10.1. The first-order chi connectivity index (χ1) is 11.6. The number of carbonyl (C=O) groups is 1. The Bertz CT molecular complexity index is 886. The number of carboxylic acids is 1. The molecule has 1 aromatic carbocycles. The lowest BCUT2D eigenvalue weighted by Gasteiger charge is -2.11. The highest BCUT2D eigenvalue weighted by molar-refractivity contribution is 5.94. The monoisotopic (exact) mass is 326 g/mol. The number of hydrogen-bond acceptors (Lipinski definition) is 4. The fourth-order valence-corrected chi connectivity index (χ4v) is 2.53. The molecule has 6 nitrogen and oxygen atoms in total. The summed E-state index contributed by atoms with van der Waals surface area (Å²) >= 11 is 0. The molecule has 0 aliphatic heterocycles. The Kier molecular flexibility index (Phi) is 4.37. The van der Waals surface area contributed by atoms with Gasteiger partial charge in [0.05, 0.1) is 18.9 Å². The van der Waals surface area contributed by atoms with E-state index in [1.807, 2.05) is 32.0 Å². The van der Waals surface area contributed by atoms with Crippen molar-refractivity contribution in [3.05, 3.63) is 48.3 Å². The van der Waals surface area contributed by atoms with Gasteiger partial charge in [0.25, 0.3) is 0 Å². The van der Waals surface area contributed by atoms with Crippen molar-refractivity contribution in [2.45, 2.75) is 13.8 Å². The van der Waals surface area contributed by atoms with Gasteiger partial charge in [-0.15, -0.1) is 0 Å². The minimum absolute atomic E-state index is 0.166.